The molecule has 22 heavy (non-hydrogen) atoms. The van der Waals surface area contributed by atoms with Crippen LogP contribution in [0.2, 0.25) is 0 Å². The summed E-state index contributed by atoms with van der Waals surface area (Å²) in [5, 5.41) is 9.71. The van der Waals surface area contributed by atoms with Gasteiger partial charge >= 0.3 is 5.97 Å². The molecule has 2 atom stereocenters. The van der Waals surface area contributed by atoms with Gasteiger partial charge in [0.25, 0.3) is 0 Å². The highest BCUT2D eigenvalue weighted by atomic mass is 16.5. The maximum Gasteiger partial charge on any atom is 0.304 e. The fraction of sp³-hybridized carbons (Fsp3) is 0.632. The van der Waals surface area contributed by atoms with Gasteiger partial charge in [-0.3, -0.25) is 4.79 Å². The number of esters is 1. The van der Waals surface area contributed by atoms with Crippen LogP contribution < -0.4 is 0 Å². The average Bonchev–Trinajstić information content (AvgIpc) is 2.49. The molecule has 0 heterocycles. The zero-order valence-corrected chi connectivity index (χ0v) is 13.9. The van der Waals surface area contributed by atoms with Crippen LogP contribution in [0.15, 0.2) is 12.7 Å². The summed E-state index contributed by atoms with van der Waals surface area (Å²) in [6.07, 6.45) is 9.34. The van der Waals surface area contributed by atoms with Gasteiger partial charge < -0.3 is 9.84 Å². The lowest BCUT2D eigenvalue weighted by Gasteiger charge is -2.03. The first-order chi connectivity index (χ1) is 10.6. The molecule has 2 unspecified atom stereocenters. The topological polar surface area (TPSA) is 46.5 Å². The molecule has 0 aliphatic rings. The molecule has 0 radical (unpaired) electrons. The SMILES string of the molecule is C=CC(C#CC#CC(O)CCCCCCCCC)OC(C)=O. The van der Waals surface area contributed by atoms with E-state index in [2.05, 4.69) is 37.2 Å². The lowest BCUT2D eigenvalue weighted by atomic mass is 10.1. The molecule has 0 bridgehead atoms. The summed E-state index contributed by atoms with van der Waals surface area (Å²) in [6, 6.07) is 0. The summed E-state index contributed by atoms with van der Waals surface area (Å²) >= 11 is 0. The van der Waals surface area contributed by atoms with Crippen LogP contribution >= 0.6 is 0 Å². The van der Waals surface area contributed by atoms with Crippen molar-refractivity contribution in [2.75, 3.05) is 0 Å². The zero-order valence-electron chi connectivity index (χ0n) is 13.9. The Morgan fingerprint density at radius 2 is 1.73 bits per heavy atom. The van der Waals surface area contributed by atoms with E-state index in [0.29, 0.717) is 6.42 Å². The molecule has 0 amide bonds. The van der Waals surface area contributed by atoms with Crippen LogP contribution in [-0.4, -0.2) is 23.3 Å². The Hall–Kier alpha value is -1.71. The Morgan fingerprint density at radius 1 is 1.14 bits per heavy atom. The van der Waals surface area contributed by atoms with Gasteiger partial charge in [-0.05, 0) is 36.7 Å². The minimum Gasteiger partial charge on any atom is -0.445 e. The van der Waals surface area contributed by atoms with Crippen LogP contribution in [0.1, 0.15) is 65.2 Å². The Morgan fingerprint density at radius 3 is 2.32 bits per heavy atom. The first-order valence-corrected chi connectivity index (χ1v) is 8.09. The Balaban J connectivity index is 3.86. The van der Waals surface area contributed by atoms with Crippen LogP contribution in [-0.2, 0) is 9.53 Å². The molecule has 0 aromatic rings. The Kier molecular flexibility index (Phi) is 13.1. The van der Waals surface area contributed by atoms with Gasteiger partial charge in [0.15, 0.2) is 6.10 Å². The Bertz CT molecular complexity index is 431. The van der Waals surface area contributed by atoms with E-state index >= 15 is 0 Å². The molecule has 0 rings (SSSR count). The fourth-order valence-electron chi connectivity index (χ4n) is 1.91. The van der Waals surface area contributed by atoms with E-state index in [-0.39, 0.29) is 0 Å². The van der Waals surface area contributed by atoms with Crippen LogP contribution in [0.3, 0.4) is 0 Å². The molecular formula is C19H28O3. The van der Waals surface area contributed by atoms with Crippen LogP contribution in [0, 0.1) is 23.7 Å². The van der Waals surface area contributed by atoms with Crippen LogP contribution in [0.4, 0.5) is 0 Å². The molecule has 0 saturated heterocycles. The van der Waals surface area contributed by atoms with Crippen molar-refractivity contribution < 1.29 is 14.6 Å². The normalized spacial score (nSPS) is 12.1. The van der Waals surface area contributed by atoms with Crippen LogP contribution in [0.5, 0.6) is 0 Å². The summed E-state index contributed by atoms with van der Waals surface area (Å²) in [5.74, 6) is 10.1. The molecule has 0 fully saturated rings. The van der Waals surface area contributed by atoms with Gasteiger partial charge in [-0.1, -0.05) is 57.9 Å². The van der Waals surface area contributed by atoms with E-state index in [4.69, 9.17) is 4.74 Å². The molecule has 0 aliphatic carbocycles. The molecule has 122 valence electrons. The van der Waals surface area contributed by atoms with Crippen molar-refractivity contribution in [2.24, 2.45) is 0 Å². The van der Waals surface area contributed by atoms with E-state index in [1.807, 2.05) is 0 Å². The van der Waals surface area contributed by atoms with E-state index < -0.39 is 18.2 Å². The number of aliphatic hydroxyl groups is 1. The molecule has 0 aliphatic heterocycles. The summed E-state index contributed by atoms with van der Waals surface area (Å²) < 4.78 is 4.87. The van der Waals surface area contributed by atoms with Gasteiger partial charge in [0.2, 0.25) is 0 Å². The smallest absolute Gasteiger partial charge is 0.304 e. The number of hydrogen-bond donors (Lipinski definition) is 1. The van der Waals surface area contributed by atoms with Crippen molar-refractivity contribution in [1.29, 1.82) is 0 Å². The van der Waals surface area contributed by atoms with Gasteiger partial charge in [-0.15, -0.1) is 0 Å². The van der Waals surface area contributed by atoms with E-state index in [9.17, 15) is 9.90 Å². The molecule has 3 heteroatoms. The number of ether oxygens (including phenoxy) is 1. The monoisotopic (exact) mass is 304 g/mol. The first-order valence-electron chi connectivity index (χ1n) is 8.09. The molecule has 0 aromatic heterocycles. The average molecular weight is 304 g/mol. The highest BCUT2D eigenvalue weighted by Crippen LogP contribution is 2.09. The minimum absolute atomic E-state index is 0.411. The van der Waals surface area contributed by atoms with Crippen molar-refractivity contribution >= 4 is 5.97 Å². The van der Waals surface area contributed by atoms with Crippen molar-refractivity contribution in [3.05, 3.63) is 12.7 Å². The number of unbranched alkanes of at least 4 members (excludes halogenated alkanes) is 6. The van der Waals surface area contributed by atoms with E-state index in [1.54, 1.807) is 0 Å². The number of hydrogen-bond acceptors (Lipinski definition) is 3. The minimum atomic E-state index is -0.646. The fourth-order valence-corrected chi connectivity index (χ4v) is 1.91. The maximum absolute atomic E-state index is 10.8. The third-order valence-corrected chi connectivity index (χ3v) is 3.10. The number of rotatable bonds is 10. The summed E-state index contributed by atoms with van der Waals surface area (Å²) in [6.45, 7) is 7.05. The lowest BCUT2D eigenvalue weighted by Crippen LogP contribution is -2.10. The van der Waals surface area contributed by atoms with Crippen molar-refractivity contribution in [3.8, 4) is 23.7 Å². The largest absolute Gasteiger partial charge is 0.445 e. The summed E-state index contributed by atoms with van der Waals surface area (Å²) in [4.78, 5) is 10.8. The maximum atomic E-state index is 10.8. The quantitative estimate of drug-likeness (QED) is 0.290. The molecule has 0 aromatic carbocycles. The number of carbonyl (C=O) groups excluding carboxylic acids is 1. The number of aliphatic hydroxyl groups excluding tert-OH is 1. The third-order valence-electron chi connectivity index (χ3n) is 3.10. The van der Waals surface area contributed by atoms with Crippen LogP contribution in [0.25, 0.3) is 0 Å². The third kappa shape index (κ3) is 13.3. The molecular weight excluding hydrogens is 276 g/mol. The second-order valence-corrected chi connectivity index (χ2v) is 5.23. The molecule has 3 nitrogen and oxygen atoms in total. The summed E-state index contributed by atoms with van der Waals surface area (Å²) in [5.41, 5.74) is 0. The molecule has 0 spiro atoms. The summed E-state index contributed by atoms with van der Waals surface area (Å²) in [7, 11) is 0. The zero-order chi connectivity index (χ0) is 16.6. The molecule has 1 N–H and O–H groups in total. The second-order valence-electron chi connectivity index (χ2n) is 5.23. The number of carbonyl (C=O) groups is 1. The highest BCUT2D eigenvalue weighted by molar-refractivity contribution is 5.66. The lowest BCUT2D eigenvalue weighted by molar-refractivity contribution is -0.142. The van der Waals surface area contributed by atoms with E-state index in [1.165, 1.54) is 45.1 Å². The van der Waals surface area contributed by atoms with Crippen molar-refractivity contribution in [2.45, 2.75) is 77.4 Å². The van der Waals surface area contributed by atoms with Gasteiger partial charge in [-0.2, -0.15) is 0 Å². The standard InChI is InChI=1S/C19H28O3/c1-4-6-7-8-9-10-11-14-18(21)15-12-13-16-19(5-2)22-17(3)20/h5,18-19,21H,2,4,6-11,14H2,1,3H3. The van der Waals surface area contributed by atoms with Gasteiger partial charge in [0.1, 0.15) is 6.10 Å². The van der Waals surface area contributed by atoms with E-state index in [0.717, 1.165) is 12.8 Å². The first kappa shape index (κ1) is 20.3. The molecule has 0 saturated carbocycles. The predicted molar refractivity (Wildman–Crippen MR) is 89.9 cm³/mol. The predicted octanol–water partition coefficient (Wildman–Crippen LogP) is 3.61. The van der Waals surface area contributed by atoms with Crippen molar-refractivity contribution in [3.63, 3.8) is 0 Å². The van der Waals surface area contributed by atoms with Gasteiger partial charge in [-0.25, -0.2) is 0 Å². The highest BCUT2D eigenvalue weighted by Gasteiger charge is 2.01. The second kappa shape index (κ2) is 14.2. The van der Waals surface area contributed by atoms with Gasteiger partial charge in [0.05, 0.1) is 0 Å². The van der Waals surface area contributed by atoms with Gasteiger partial charge in [0, 0.05) is 6.92 Å². The van der Waals surface area contributed by atoms with Crippen molar-refractivity contribution in [1.82, 2.24) is 0 Å². The Labute approximate surface area is 135 Å².